The van der Waals surface area contributed by atoms with Crippen molar-refractivity contribution in [3.63, 3.8) is 0 Å². The molecule has 0 spiro atoms. The number of hydrogen-bond donors (Lipinski definition) is 0. The largest absolute Gasteiger partial charge is 0.489 e. The predicted molar refractivity (Wildman–Crippen MR) is 68.5 cm³/mol. The van der Waals surface area contributed by atoms with Gasteiger partial charge in [-0.05, 0) is 24.0 Å². The van der Waals surface area contributed by atoms with E-state index in [-0.39, 0.29) is 11.5 Å². The van der Waals surface area contributed by atoms with Crippen LogP contribution in [0.2, 0.25) is 0 Å². The zero-order valence-corrected chi connectivity index (χ0v) is 11.0. The number of carbonyl (C=O) groups is 1. The van der Waals surface area contributed by atoms with Crippen LogP contribution in [-0.2, 0) is 10.2 Å². The predicted octanol–water partition coefficient (Wildman–Crippen LogP) is 3.40. The molecule has 0 heterocycles. The van der Waals surface area contributed by atoms with Crippen LogP contribution in [0.15, 0.2) is 18.2 Å². The molecule has 0 bridgehead atoms. The van der Waals surface area contributed by atoms with Crippen molar-refractivity contribution >= 4 is 5.78 Å². The zero-order chi connectivity index (χ0) is 12.6. The Morgan fingerprint density at radius 1 is 1.24 bits per heavy atom. The second-order valence-electron chi connectivity index (χ2n) is 5.94. The molecule has 2 nitrogen and oxygen atoms in total. The molecule has 1 aromatic rings. The van der Waals surface area contributed by atoms with E-state index in [9.17, 15) is 4.79 Å². The van der Waals surface area contributed by atoms with Gasteiger partial charge in [-0.25, -0.2) is 0 Å². The number of rotatable bonds is 2. The van der Waals surface area contributed by atoms with Gasteiger partial charge in [-0.3, -0.25) is 4.79 Å². The Morgan fingerprint density at radius 3 is 2.41 bits per heavy atom. The van der Waals surface area contributed by atoms with Crippen LogP contribution in [0.5, 0.6) is 5.75 Å². The third-order valence-corrected chi connectivity index (χ3v) is 3.15. The van der Waals surface area contributed by atoms with Gasteiger partial charge in [-0.15, -0.1) is 0 Å². The van der Waals surface area contributed by atoms with E-state index in [1.165, 1.54) is 11.1 Å². The number of Topliss-reactive ketones (excluding diaryl/α,β-unsaturated/α-hetero) is 1. The Labute approximate surface area is 103 Å². The SMILES string of the molecule is Cc1ccc(OC2CC(=O)C2)c(C(C)(C)C)c1. The monoisotopic (exact) mass is 232 g/mol. The quantitative estimate of drug-likeness (QED) is 0.781. The van der Waals surface area contributed by atoms with Gasteiger partial charge in [-0.2, -0.15) is 0 Å². The molecule has 17 heavy (non-hydrogen) atoms. The zero-order valence-electron chi connectivity index (χ0n) is 11.0. The summed E-state index contributed by atoms with van der Waals surface area (Å²) in [4.78, 5) is 11.0. The number of benzene rings is 1. The van der Waals surface area contributed by atoms with E-state index in [4.69, 9.17) is 4.74 Å². The minimum Gasteiger partial charge on any atom is -0.489 e. The van der Waals surface area contributed by atoms with Crippen LogP contribution in [-0.4, -0.2) is 11.9 Å². The van der Waals surface area contributed by atoms with Crippen LogP contribution < -0.4 is 4.74 Å². The van der Waals surface area contributed by atoms with Gasteiger partial charge < -0.3 is 4.74 Å². The lowest BCUT2D eigenvalue weighted by Gasteiger charge is -2.29. The van der Waals surface area contributed by atoms with Crippen LogP contribution in [0.1, 0.15) is 44.7 Å². The lowest BCUT2D eigenvalue weighted by molar-refractivity contribution is -0.129. The number of hydrogen-bond acceptors (Lipinski definition) is 2. The van der Waals surface area contributed by atoms with E-state index in [1.54, 1.807) is 0 Å². The first-order valence-corrected chi connectivity index (χ1v) is 6.16. The summed E-state index contributed by atoms with van der Waals surface area (Å²) in [5.74, 6) is 1.24. The van der Waals surface area contributed by atoms with Gasteiger partial charge in [0.05, 0.1) is 0 Å². The number of aryl methyl sites for hydroxylation is 1. The van der Waals surface area contributed by atoms with Gasteiger partial charge in [0, 0.05) is 12.8 Å². The standard InChI is InChI=1S/C15H20O2/c1-10-5-6-14(13(7-10)15(2,3)4)17-12-8-11(16)9-12/h5-7,12H,8-9H2,1-4H3. The molecule has 1 aliphatic carbocycles. The van der Waals surface area contributed by atoms with Gasteiger partial charge in [-0.1, -0.05) is 38.5 Å². The fourth-order valence-corrected chi connectivity index (χ4v) is 2.04. The summed E-state index contributed by atoms with van der Waals surface area (Å²) < 4.78 is 5.91. The minimum absolute atomic E-state index is 0.0646. The number of ketones is 1. The van der Waals surface area contributed by atoms with Gasteiger partial charge >= 0.3 is 0 Å². The first-order valence-electron chi connectivity index (χ1n) is 6.16. The topological polar surface area (TPSA) is 26.3 Å². The highest BCUT2D eigenvalue weighted by Gasteiger charge is 2.30. The van der Waals surface area contributed by atoms with Crippen LogP contribution in [0.3, 0.4) is 0 Å². The summed E-state index contributed by atoms with van der Waals surface area (Å²) in [6.45, 7) is 8.63. The molecule has 0 aliphatic heterocycles. The van der Waals surface area contributed by atoms with Crippen LogP contribution in [0, 0.1) is 6.92 Å². The Bertz CT molecular complexity index is 433. The molecule has 1 saturated carbocycles. The van der Waals surface area contributed by atoms with Crippen LogP contribution >= 0.6 is 0 Å². The first-order chi connectivity index (χ1) is 7.86. The Balaban J connectivity index is 2.23. The molecule has 0 N–H and O–H groups in total. The fourth-order valence-electron chi connectivity index (χ4n) is 2.04. The molecule has 0 aromatic heterocycles. The third-order valence-electron chi connectivity index (χ3n) is 3.15. The summed E-state index contributed by atoms with van der Waals surface area (Å²) in [6, 6.07) is 6.26. The van der Waals surface area contributed by atoms with Crippen molar-refractivity contribution in [2.75, 3.05) is 0 Å². The summed E-state index contributed by atoms with van der Waals surface area (Å²) in [5, 5.41) is 0. The van der Waals surface area contributed by atoms with Crippen LogP contribution in [0.4, 0.5) is 0 Å². The van der Waals surface area contributed by atoms with Crippen molar-refractivity contribution in [1.29, 1.82) is 0 Å². The average molecular weight is 232 g/mol. The van der Waals surface area contributed by atoms with Crippen molar-refractivity contribution in [3.05, 3.63) is 29.3 Å². The van der Waals surface area contributed by atoms with Crippen molar-refractivity contribution in [1.82, 2.24) is 0 Å². The molecule has 0 saturated heterocycles. The van der Waals surface area contributed by atoms with Gasteiger partial charge in [0.1, 0.15) is 17.6 Å². The van der Waals surface area contributed by atoms with E-state index in [1.807, 2.05) is 6.07 Å². The molecule has 0 unspecified atom stereocenters. The van der Waals surface area contributed by atoms with E-state index in [0.717, 1.165) is 5.75 Å². The highest BCUT2D eigenvalue weighted by molar-refractivity contribution is 5.85. The molecule has 2 heteroatoms. The average Bonchev–Trinajstić information content (AvgIpc) is 2.16. The molecule has 1 aromatic carbocycles. The Hall–Kier alpha value is -1.31. The van der Waals surface area contributed by atoms with E-state index in [2.05, 4.69) is 39.8 Å². The Kier molecular flexibility index (Phi) is 2.98. The van der Waals surface area contributed by atoms with Crippen molar-refractivity contribution < 1.29 is 9.53 Å². The second-order valence-corrected chi connectivity index (χ2v) is 5.94. The molecule has 1 aliphatic rings. The molecule has 0 amide bonds. The summed E-state index contributed by atoms with van der Waals surface area (Å²) in [5.41, 5.74) is 2.53. The highest BCUT2D eigenvalue weighted by Crippen LogP contribution is 2.34. The lowest BCUT2D eigenvalue weighted by Crippen LogP contribution is -2.34. The summed E-state index contributed by atoms with van der Waals surface area (Å²) in [7, 11) is 0. The maximum Gasteiger partial charge on any atom is 0.140 e. The first kappa shape index (κ1) is 12.2. The number of ether oxygens (including phenoxy) is 1. The van der Waals surface area contributed by atoms with Gasteiger partial charge in [0.25, 0.3) is 0 Å². The van der Waals surface area contributed by atoms with Crippen molar-refractivity contribution in [3.8, 4) is 5.75 Å². The molecule has 1 fully saturated rings. The lowest BCUT2D eigenvalue weighted by atomic mass is 9.85. The second kappa shape index (κ2) is 4.17. The minimum atomic E-state index is 0.0646. The molecule has 92 valence electrons. The molecule has 0 radical (unpaired) electrons. The van der Waals surface area contributed by atoms with Crippen molar-refractivity contribution in [2.24, 2.45) is 0 Å². The summed E-state index contributed by atoms with van der Waals surface area (Å²) in [6.07, 6.45) is 1.22. The summed E-state index contributed by atoms with van der Waals surface area (Å²) >= 11 is 0. The smallest absolute Gasteiger partial charge is 0.140 e. The maximum absolute atomic E-state index is 11.0. The number of carbonyl (C=O) groups excluding carboxylic acids is 1. The molecule has 0 atom stereocenters. The van der Waals surface area contributed by atoms with Crippen molar-refractivity contribution in [2.45, 2.75) is 52.1 Å². The normalized spacial score (nSPS) is 16.8. The maximum atomic E-state index is 11.0. The Morgan fingerprint density at radius 2 is 1.88 bits per heavy atom. The fraction of sp³-hybridized carbons (Fsp3) is 0.533. The van der Waals surface area contributed by atoms with E-state index in [0.29, 0.717) is 18.6 Å². The molecular formula is C15H20O2. The van der Waals surface area contributed by atoms with E-state index >= 15 is 0 Å². The molecular weight excluding hydrogens is 212 g/mol. The highest BCUT2D eigenvalue weighted by atomic mass is 16.5. The van der Waals surface area contributed by atoms with Crippen LogP contribution in [0.25, 0.3) is 0 Å². The van der Waals surface area contributed by atoms with Gasteiger partial charge in [0.2, 0.25) is 0 Å². The third kappa shape index (κ3) is 2.68. The van der Waals surface area contributed by atoms with Gasteiger partial charge in [0.15, 0.2) is 0 Å². The molecule has 2 rings (SSSR count). The van der Waals surface area contributed by atoms with E-state index < -0.39 is 0 Å².